The second kappa shape index (κ2) is 8.92. The average Bonchev–Trinajstić information content (AvgIpc) is 3.18. The Morgan fingerprint density at radius 2 is 1.44 bits per heavy atom. The Bertz CT molecular complexity index is 1290. The SMILES string of the molecule is O=C1O[C@](c2ccc(O)cc2)(c2ccc(O[C@H]3O[C@H](C(=O)O)[C@H](O)[C@@H](O)[C@@H]3O)cc2)c2ccccc21. The number of aliphatic carboxylic acids is 1. The number of phenols is 1. The van der Waals surface area contributed by atoms with Crippen LogP contribution in [-0.4, -0.2) is 68.2 Å². The van der Waals surface area contributed by atoms with Crippen LogP contribution in [0.4, 0.5) is 0 Å². The zero-order chi connectivity index (χ0) is 25.6. The molecule has 0 aliphatic carbocycles. The van der Waals surface area contributed by atoms with Crippen LogP contribution in [-0.2, 0) is 19.9 Å². The molecule has 0 saturated carbocycles. The molecule has 10 nitrogen and oxygen atoms in total. The van der Waals surface area contributed by atoms with Crippen LogP contribution in [0, 0.1) is 0 Å². The number of carboxylic acid groups (broad SMARTS) is 1. The van der Waals surface area contributed by atoms with Crippen molar-refractivity contribution < 1.29 is 49.3 Å². The van der Waals surface area contributed by atoms with Crippen molar-refractivity contribution in [3.8, 4) is 11.5 Å². The van der Waals surface area contributed by atoms with Crippen molar-refractivity contribution in [2.75, 3.05) is 0 Å². The highest BCUT2D eigenvalue weighted by Gasteiger charge is 2.49. The van der Waals surface area contributed by atoms with Crippen LogP contribution >= 0.6 is 0 Å². The van der Waals surface area contributed by atoms with Gasteiger partial charge in [0.15, 0.2) is 11.7 Å². The van der Waals surface area contributed by atoms with Gasteiger partial charge >= 0.3 is 11.9 Å². The Morgan fingerprint density at radius 1 is 0.833 bits per heavy atom. The molecule has 10 heteroatoms. The zero-order valence-corrected chi connectivity index (χ0v) is 18.6. The third-order valence-electron chi connectivity index (χ3n) is 6.37. The normalized spacial score (nSPS) is 29.3. The van der Waals surface area contributed by atoms with Gasteiger partial charge < -0.3 is 39.7 Å². The minimum Gasteiger partial charge on any atom is -0.508 e. The first-order valence-corrected chi connectivity index (χ1v) is 11.0. The molecular weight excluding hydrogens is 472 g/mol. The van der Waals surface area contributed by atoms with E-state index in [0.717, 1.165) is 0 Å². The first-order chi connectivity index (χ1) is 17.2. The van der Waals surface area contributed by atoms with Gasteiger partial charge in [-0.1, -0.05) is 42.5 Å². The number of carbonyl (C=O) groups is 2. The molecule has 186 valence electrons. The number of hydrogen-bond donors (Lipinski definition) is 5. The second-order valence-corrected chi connectivity index (χ2v) is 8.54. The fourth-order valence-electron chi connectivity index (χ4n) is 4.56. The molecule has 1 fully saturated rings. The van der Waals surface area contributed by atoms with Gasteiger partial charge in [-0.3, -0.25) is 0 Å². The summed E-state index contributed by atoms with van der Waals surface area (Å²) in [6, 6.07) is 19.5. The third kappa shape index (κ3) is 3.76. The summed E-state index contributed by atoms with van der Waals surface area (Å²) >= 11 is 0. The number of hydrogen-bond acceptors (Lipinski definition) is 9. The number of cyclic esters (lactones) is 1. The number of esters is 1. The van der Waals surface area contributed by atoms with E-state index in [9.17, 15) is 35.1 Å². The molecule has 3 aromatic carbocycles. The van der Waals surface area contributed by atoms with Gasteiger partial charge in [-0.25, -0.2) is 9.59 Å². The van der Waals surface area contributed by atoms with E-state index in [2.05, 4.69) is 0 Å². The number of rotatable bonds is 5. The van der Waals surface area contributed by atoms with Gasteiger partial charge in [0.2, 0.25) is 6.29 Å². The Hall–Kier alpha value is -3.96. The minimum absolute atomic E-state index is 0.0493. The predicted octanol–water partition coefficient (Wildman–Crippen LogP) is 1.13. The minimum atomic E-state index is -1.83. The summed E-state index contributed by atoms with van der Waals surface area (Å²) in [7, 11) is 0. The van der Waals surface area contributed by atoms with Crippen molar-refractivity contribution >= 4 is 11.9 Å². The van der Waals surface area contributed by atoms with Gasteiger partial charge in [0.25, 0.3) is 0 Å². The van der Waals surface area contributed by atoms with Crippen LogP contribution in [0.2, 0.25) is 0 Å². The number of carbonyl (C=O) groups excluding carboxylic acids is 1. The summed E-state index contributed by atoms with van der Waals surface area (Å²) in [5, 5.41) is 49.1. The van der Waals surface area contributed by atoms with Crippen LogP contribution in [0.3, 0.4) is 0 Å². The Labute approximate surface area is 204 Å². The number of carboxylic acids is 1. The molecule has 0 unspecified atom stereocenters. The lowest BCUT2D eigenvalue weighted by Crippen LogP contribution is -2.61. The number of aliphatic hydroxyl groups excluding tert-OH is 3. The lowest BCUT2D eigenvalue weighted by molar-refractivity contribution is -0.271. The fourth-order valence-corrected chi connectivity index (χ4v) is 4.56. The van der Waals surface area contributed by atoms with Crippen molar-refractivity contribution in [2.24, 2.45) is 0 Å². The molecule has 0 spiro atoms. The number of fused-ring (bicyclic) bond motifs is 1. The highest BCUT2D eigenvalue weighted by atomic mass is 16.7. The standard InChI is InChI=1S/C26H22O10/c27-15-9-5-13(6-10-15)26(18-4-2-1-3-17(18)24(33)36-26)14-7-11-16(12-8-14)34-25-21(30)19(28)20(29)22(35-25)23(31)32/h1-12,19-22,25,27-30H,(H,31,32)/t19-,20-,21+,22+,25+,26-/m1/s1. The maximum absolute atomic E-state index is 12.8. The van der Waals surface area contributed by atoms with Gasteiger partial charge in [0, 0.05) is 16.7 Å². The van der Waals surface area contributed by atoms with Gasteiger partial charge in [-0.15, -0.1) is 0 Å². The van der Waals surface area contributed by atoms with Crippen LogP contribution in [0.5, 0.6) is 11.5 Å². The molecule has 3 aromatic rings. The Balaban J connectivity index is 1.50. The summed E-state index contributed by atoms with van der Waals surface area (Å²) in [5.41, 5.74) is 0.858. The molecule has 0 aromatic heterocycles. The summed E-state index contributed by atoms with van der Waals surface area (Å²) in [6.07, 6.45) is -8.69. The fraction of sp³-hybridized carbons (Fsp3) is 0.231. The zero-order valence-electron chi connectivity index (χ0n) is 18.6. The summed E-state index contributed by atoms with van der Waals surface area (Å²) in [4.78, 5) is 24.1. The van der Waals surface area contributed by atoms with Crippen LogP contribution in [0.25, 0.3) is 0 Å². The molecule has 1 saturated heterocycles. The van der Waals surface area contributed by atoms with E-state index in [1.165, 1.54) is 24.3 Å². The topological polar surface area (TPSA) is 163 Å². The summed E-state index contributed by atoms with van der Waals surface area (Å²) in [6.45, 7) is 0. The lowest BCUT2D eigenvalue weighted by atomic mass is 9.80. The molecule has 36 heavy (non-hydrogen) atoms. The van der Waals surface area contributed by atoms with E-state index in [1.54, 1.807) is 48.5 Å². The van der Waals surface area contributed by atoms with Crippen molar-refractivity contribution in [3.63, 3.8) is 0 Å². The molecule has 0 bridgehead atoms. The molecule has 2 heterocycles. The maximum atomic E-state index is 12.8. The highest BCUT2D eigenvalue weighted by Crippen LogP contribution is 2.47. The molecule has 5 rings (SSSR count). The van der Waals surface area contributed by atoms with E-state index in [0.29, 0.717) is 22.3 Å². The Kier molecular flexibility index (Phi) is 5.89. The number of aliphatic hydroxyl groups is 3. The third-order valence-corrected chi connectivity index (χ3v) is 6.37. The van der Waals surface area contributed by atoms with E-state index < -0.39 is 48.2 Å². The van der Waals surface area contributed by atoms with Gasteiger partial charge in [0.1, 0.15) is 29.8 Å². The van der Waals surface area contributed by atoms with Gasteiger partial charge in [-0.05, 0) is 30.3 Å². The molecule has 2 aliphatic heterocycles. The van der Waals surface area contributed by atoms with Gasteiger partial charge in [-0.2, -0.15) is 0 Å². The largest absolute Gasteiger partial charge is 0.508 e. The van der Waals surface area contributed by atoms with E-state index >= 15 is 0 Å². The summed E-state index contributed by atoms with van der Waals surface area (Å²) in [5.74, 6) is -1.82. The number of benzene rings is 3. The van der Waals surface area contributed by atoms with Crippen molar-refractivity contribution in [2.45, 2.75) is 36.3 Å². The van der Waals surface area contributed by atoms with E-state index in [-0.39, 0.29) is 11.5 Å². The molecule has 0 radical (unpaired) electrons. The van der Waals surface area contributed by atoms with Crippen LogP contribution in [0.15, 0.2) is 72.8 Å². The Morgan fingerprint density at radius 3 is 2.08 bits per heavy atom. The highest BCUT2D eigenvalue weighted by molar-refractivity contribution is 5.96. The van der Waals surface area contributed by atoms with Crippen LogP contribution < -0.4 is 4.74 Å². The first-order valence-electron chi connectivity index (χ1n) is 11.0. The molecule has 2 aliphatic rings. The molecule has 6 atom stereocenters. The van der Waals surface area contributed by atoms with Crippen molar-refractivity contribution in [3.05, 3.63) is 95.1 Å². The predicted molar refractivity (Wildman–Crippen MR) is 121 cm³/mol. The van der Waals surface area contributed by atoms with E-state index in [1.807, 2.05) is 0 Å². The number of ether oxygens (including phenoxy) is 3. The summed E-state index contributed by atoms with van der Waals surface area (Å²) < 4.78 is 16.7. The maximum Gasteiger partial charge on any atom is 0.340 e. The smallest absolute Gasteiger partial charge is 0.340 e. The monoisotopic (exact) mass is 494 g/mol. The number of phenolic OH excluding ortho intramolecular Hbond substituents is 1. The molecule has 0 amide bonds. The van der Waals surface area contributed by atoms with Gasteiger partial charge in [0.05, 0.1) is 5.56 Å². The lowest BCUT2D eigenvalue weighted by Gasteiger charge is -2.38. The van der Waals surface area contributed by atoms with Crippen LogP contribution in [0.1, 0.15) is 27.0 Å². The number of aromatic hydroxyl groups is 1. The quantitative estimate of drug-likeness (QED) is 0.325. The second-order valence-electron chi connectivity index (χ2n) is 8.54. The van der Waals surface area contributed by atoms with E-state index in [4.69, 9.17) is 14.2 Å². The van der Waals surface area contributed by atoms with Crippen molar-refractivity contribution in [1.82, 2.24) is 0 Å². The molecule has 5 N–H and O–H groups in total. The molecular formula is C26H22O10. The first kappa shape index (κ1) is 23.8. The average molecular weight is 494 g/mol. The van der Waals surface area contributed by atoms with Crippen molar-refractivity contribution in [1.29, 1.82) is 0 Å².